The number of fused-ring (bicyclic) bond motifs is 1. The van der Waals surface area contributed by atoms with Gasteiger partial charge in [0.05, 0.1) is 12.3 Å². The van der Waals surface area contributed by atoms with Crippen LogP contribution in [0.1, 0.15) is 43.9 Å². The molecule has 0 spiro atoms. The number of rotatable bonds is 8. The highest BCUT2D eigenvalue weighted by atomic mass is 16.5. The molecule has 1 aliphatic heterocycles. The summed E-state index contributed by atoms with van der Waals surface area (Å²) in [6.45, 7) is 7.66. The molecule has 180 valence electrons. The SMILES string of the molecule is CCOC(=O)CN1C(=O)C(NC(=O)OCc2ccccc2)N=C(CC(C)C)c2cccc(C)c21. The lowest BCUT2D eigenvalue weighted by Crippen LogP contribution is -2.49. The van der Waals surface area contributed by atoms with Crippen molar-refractivity contribution in [3.63, 3.8) is 0 Å². The number of carbonyl (C=O) groups excluding carboxylic acids is 3. The zero-order chi connectivity index (χ0) is 24.7. The molecule has 2 aromatic rings. The number of hydrogen-bond acceptors (Lipinski definition) is 6. The Morgan fingerprint density at radius 3 is 2.50 bits per heavy atom. The van der Waals surface area contributed by atoms with E-state index in [-0.39, 0.29) is 25.7 Å². The van der Waals surface area contributed by atoms with E-state index in [0.717, 1.165) is 16.7 Å². The number of amides is 2. The van der Waals surface area contributed by atoms with Gasteiger partial charge in [-0.1, -0.05) is 62.4 Å². The molecule has 34 heavy (non-hydrogen) atoms. The van der Waals surface area contributed by atoms with E-state index in [1.165, 1.54) is 4.90 Å². The molecule has 0 aliphatic carbocycles. The molecule has 0 bridgehead atoms. The van der Waals surface area contributed by atoms with Crippen LogP contribution in [-0.2, 0) is 25.7 Å². The number of hydrogen-bond donors (Lipinski definition) is 1. The van der Waals surface area contributed by atoms with Gasteiger partial charge in [-0.25, -0.2) is 4.79 Å². The Kier molecular flexibility index (Phi) is 8.40. The first kappa shape index (κ1) is 25.0. The predicted octanol–water partition coefficient (Wildman–Crippen LogP) is 3.99. The van der Waals surface area contributed by atoms with Crippen LogP contribution < -0.4 is 10.2 Å². The van der Waals surface area contributed by atoms with Gasteiger partial charge in [0.25, 0.3) is 5.91 Å². The lowest BCUT2D eigenvalue weighted by molar-refractivity contribution is -0.142. The Labute approximate surface area is 200 Å². The lowest BCUT2D eigenvalue weighted by Gasteiger charge is -2.26. The first-order valence-electron chi connectivity index (χ1n) is 11.4. The third kappa shape index (κ3) is 6.21. The predicted molar refractivity (Wildman–Crippen MR) is 130 cm³/mol. The molecule has 0 radical (unpaired) electrons. The number of ether oxygens (including phenoxy) is 2. The van der Waals surface area contributed by atoms with Crippen molar-refractivity contribution in [3.05, 3.63) is 65.2 Å². The van der Waals surface area contributed by atoms with Gasteiger partial charge in [0.2, 0.25) is 6.17 Å². The highest BCUT2D eigenvalue weighted by Gasteiger charge is 2.35. The second kappa shape index (κ2) is 11.4. The van der Waals surface area contributed by atoms with E-state index in [4.69, 9.17) is 9.47 Å². The summed E-state index contributed by atoms with van der Waals surface area (Å²) in [5, 5.41) is 2.58. The molecule has 8 nitrogen and oxygen atoms in total. The Bertz CT molecular complexity index is 1070. The Hall–Kier alpha value is -3.68. The van der Waals surface area contributed by atoms with Crippen LogP contribution in [0.4, 0.5) is 10.5 Å². The van der Waals surface area contributed by atoms with Crippen molar-refractivity contribution in [1.29, 1.82) is 0 Å². The second-order valence-corrected chi connectivity index (χ2v) is 8.48. The molecular weight excluding hydrogens is 434 g/mol. The zero-order valence-corrected chi connectivity index (χ0v) is 20.0. The molecule has 1 heterocycles. The smallest absolute Gasteiger partial charge is 0.409 e. The van der Waals surface area contributed by atoms with Crippen molar-refractivity contribution in [1.82, 2.24) is 5.32 Å². The maximum atomic E-state index is 13.6. The monoisotopic (exact) mass is 465 g/mol. The molecule has 1 aliphatic rings. The van der Waals surface area contributed by atoms with Crippen LogP contribution in [0.2, 0.25) is 0 Å². The fraction of sp³-hybridized carbons (Fsp3) is 0.385. The van der Waals surface area contributed by atoms with Gasteiger partial charge in [0, 0.05) is 11.3 Å². The number of carbonyl (C=O) groups is 3. The van der Waals surface area contributed by atoms with Crippen molar-refractivity contribution >= 4 is 29.4 Å². The van der Waals surface area contributed by atoms with Crippen LogP contribution in [-0.4, -0.2) is 43.0 Å². The molecule has 3 rings (SSSR count). The molecule has 2 amide bonds. The number of alkyl carbamates (subject to hydrolysis) is 1. The first-order valence-corrected chi connectivity index (χ1v) is 11.4. The third-order valence-corrected chi connectivity index (χ3v) is 5.26. The molecule has 8 heteroatoms. The van der Waals surface area contributed by atoms with Crippen molar-refractivity contribution in [2.45, 2.75) is 46.9 Å². The quantitative estimate of drug-likeness (QED) is 0.595. The minimum Gasteiger partial charge on any atom is -0.465 e. The van der Waals surface area contributed by atoms with Gasteiger partial charge in [-0.2, -0.15) is 0 Å². The maximum absolute atomic E-state index is 13.6. The minimum atomic E-state index is -1.24. The third-order valence-electron chi connectivity index (χ3n) is 5.26. The average Bonchev–Trinajstić information content (AvgIpc) is 2.90. The summed E-state index contributed by atoms with van der Waals surface area (Å²) in [6.07, 6.45) is -1.42. The van der Waals surface area contributed by atoms with Crippen molar-refractivity contribution in [2.75, 3.05) is 18.1 Å². The topological polar surface area (TPSA) is 97.3 Å². The van der Waals surface area contributed by atoms with Crippen LogP contribution in [0.5, 0.6) is 0 Å². The normalized spacial score (nSPS) is 15.3. The average molecular weight is 466 g/mol. The van der Waals surface area contributed by atoms with Gasteiger partial charge in [-0.3, -0.25) is 24.8 Å². The molecule has 2 aromatic carbocycles. The largest absolute Gasteiger partial charge is 0.465 e. The van der Waals surface area contributed by atoms with Crippen molar-refractivity contribution in [2.24, 2.45) is 10.9 Å². The van der Waals surface area contributed by atoms with Crippen LogP contribution in [0.25, 0.3) is 0 Å². The van der Waals surface area contributed by atoms with Crippen LogP contribution >= 0.6 is 0 Å². The summed E-state index contributed by atoms with van der Waals surface area (Å²) < 4.78 is 10.4. The van der Waals surface area contributed by atoms with E-state index in [0.29, 0.717) is 17.8 Å². The molecule has 1 unspecified atom stereocenters. The van der Waals surface area contributed by atoms with Gasteiger partial charge in [0.15, 0.2) is 0 Å². The number of benzene rings is 2. The fourth-order valence-electron chi connectivity index (χ4n) is 3.80. The highest BCUT2D eigenvalue weighted by Crippen LogP contribution is 2.31. The molecular formula is C26H31N3O5. The summed E-state index contributed by atoms with van der Waals surface area (Å²) in [5.41, 5.74) is 3.68. The molecule has 0 saturated heterocycles. The number of esters is 1. The molecule has 1 atom stereocenters. The highest BCUT2D eigenvalue weighted by molar-refractivity contribution is 6.14. The van der Waals surface area contributed by atoms with Crippen molar-refractivity contribution < 1.29 is 23.9 Å². The lowest BCUT2D eigenvalue weighted by atomic mass is 9.96. The number of nitrogens with one attached hydrogen (secondary N) is 1. The van der Waals surface area contributed by atoms with E-state index < -0.39 is 24.1 Å². The summed E-state index contributed by atoms with van der Waals surface area (Å²) in [6, 6.07) is 14.9. The number of aryl methyl sites for hydroxylation is 1. The second-order valence-electron chi connectivity index (χ2n) is 8.48. The van der Waals surface area contributed by atoms with Crippen LogP contribution in [0.3, 0.4) is 0 Å². The Morgan fingerprint density at radius 2 is 1.82 bits per heavy atom. The van der Waals surface area contributed by atoms with E-state index in [9.17, 15) is 14.4 Å². The molecule has 1 N–H and O–H groups in total. The summed E-state index contributed by atoms with van der Waals surface area (Å²) in [5.74, 6) is -0.814. The molecule has 0 aromatic heterocycles. The number of para-hydroxylation sites is 1. The Balaban J connectivity index is 1.93. The Morgan fingerprint density at radius 1 is 1.09 bits per heavy atom. The van der Waals surface area contributed by atoms with E-state index in [2.05, 4.69) is 24.2 Å². The van der Waals surface area contributed by atoms with Gasteiger partial charge in [-0.05, 0) is 37.3 Å². The number of aliphatic imine (C=N–C) groups is 1. The zero-order valence-electron chi connectivity index (χ0n) is 20.0. The first-order chi connectivity index (χ1) is 16.3. The van der Waals surface area contributed by atoms with Gasteiger partial charge >= 0.3 is 12.1 Å². The van der Waals surface area contributed by atoms with Crippen molar-refractivity contribution in [3.8, 4) is 0 Å². The van der Waals surface area contributed by atoms with Crippen LogP contribution in [0, 0.1) is 12.8 Å². The van der Waals surface area contributed by atoms with Gasteiger partial charge < -0.3 is 9.47 Å². The number of benzodiazepines with no additional fused rings is 1. The molecule has 0 fully saturated rings. The maximum Gasteiger partial charge on any atom is 0.409 e. The number of anilines is 1. The number of nitrogens with zero attached hydrogens (tertiary/aromatic N) is 2. The fourth-order valence-corrected chi connectivity index (χ4v) is 3.80. The van der Waals surface area contributed by atoms with E-state index in [1.807, 2.05) is 55.5 Å². The molecule has 0 saturated carbocycles. The van der Waals surface area contributed by atoms with Crippen LogP contribution in [0.15, 0.2) is 53.5 Å². The van der Waals surface area contributed by atoms with Gasteiger partial charge in [-0.15, -0.1) is 0 Å². The van der Waals surface area contributed by atoms with E-state index in [1.54, 1.807) is 6.92 Å². The van der Waals surface area contributed by atoms with Gasteiger partial charge in [0.1, 0.15) is 13.2 Å². The standard InChI is InChI=1S/C26H31N3O5/c1-5-33-22(30)15-29-23-18(4)10-9-13-20(23)21(14-17(2)3)27-24(25(29)31)28-26(32)34-16-19-11-7-6-8-12-19/h6-13,17,24H,5,14-16H2,1-4H3,(H,28,32). The summed E-state index contributed by atoms with van der Waals surface area (Å²) in [4.78, 5) is 44.5. The van der Waals surface area contributed by atoms with E-state index >= 15 is 0 Å². The summed E-state index contributed by atoms with van der Waals surface area (Å²) in [7, 11) is 0. The summed E-state index contributed by atoms with van der Waals surface area (Å²) >= 11 is 0. The minimum absolute atomic E-state index is 0.0576.